The molecule has 2 aromatic carbocycles. The first-order chi connectivity index (χ1) is 9.56. The van der Waals surface area contributed by atoms with Gasteiger partial charge in [0.25, 0.3) is 0 Å². The predicted octanol–water partition coefficient (Wildman–Crippen LogP) is 4.39. The van der Waals surface area contributed by atoms with E-state index in [1.807, 2.05) is 18.2 Å². The van der Waals surface area contributed by atoms with Crippen LogP contribution >= 0.6 is 11.6 Å². The molecule has 1 heterocycles. The fraction of sp³-hybridized carbons (Fsp3) is 0.250. The number of nitrogens with zero attached hydrogens (tertiary/aromatic N) is 1. The maximum Gasteiger partial charge on any atom is 0.144 e. The number of anilines is 3. The Kier molecular flexibility index (Phi) is 3.30. The third-order valence-electron chi connectivity index (χ3n) is 3.71. The van der Waals surface area contributed by atoms with E-state index in [1.165, 1.54) is 17.7 Å². The lowest BCUT2D eigenvalue weighted by molar-refractivity contribution is 0.561. The molecule has 1 aliphatic rings. The number of nitrogen functional groups attached to an aromatic ring is 1. The van der Waals surface area contributed by atoms with Crippen molar-refractivity contribution < 1.29 is 4.39 Å². The van der Waals surface area contributed by atoms with E-state index in [0.29, 0.717) is 17.3 Å². The number of hydrogen-bond donors (Lipinski definition) is 1. The summed E-state index contributed by atoms with van der Waals surface area (Å²) in [5.41, 5.74) is 9.58. The second-order valence-corrected chi connectivity index (χ2v) is 5.78. The Hall–Kier alpha value is -1.74. The van der Waals surface area contributed by atoms with Gasteiger partial charge in [-0.1, -0.05) is 36.7 Å². The summed E-state index contributed by atoms with van der Waals surface area (Å²) in [6.07, 6.45) is 1.03. The van der Waals surface area contributed by atoms with Crippen molar-refractivity contribution in [3.63, 3.8) is 0 Å². The van der Waals surface area contributed by atoms with Gasteiger partial charge in [0.2, 0.25) is 0 Å². The number of nitrogens with two attached hydrogens (primary N) is 1. The molecule has 0 aliphatic carbocycles. The summed E-state index contributed by atoms with van der Waals surface area (Å²) >= 11 is 5.78. The van der Waals surface area contributed by atoms with Crippen LogP contribution in [-0.2, 0) is 6.42 Å². The van der Waals surface area contributed by atoms with Gasteiger partial charge in [-0.05, 0) is 30.0 Å². The maximum absolute atomic E-state index is 13.8. The molecule has 20 heavy (non-hydrogen) atoms. The van der Waals surface area contributed by atoms with Crippen LogP contribution in [0.5, 0.6) is 0 Å². The normalized spacial score (nSPS) is 17.9. The standard InChI is InChI=1S/C16H16ClFN2/c1-10-6-11-4-2-3-5-15(11)20(9-10)16-8-13(18)12(17)7-14(16)19/h2-5,7-8,10H,6,9,19H2,1H3. The van der Waals surface area contributed by atoms with Gasteiger partial charge in [-0.2, -0.15) is 0 Å². The lowest BCUT2D eigenvalue weighted by Gasteiger charge is -2.35. The van der Waals surface area contributed by atoms with Gasteiger partial charge in [-0.3, -0.25) is 0 Å². The monoisotopic (exact) mass is 290 g/mol. The Labute approximate surface area is 123 Å². The summed E-state index contributed by atoms with van der Waals surface area (Å²) in [5, 5.41) is 0.0598. The second kappa shape index (κ2) is 4.98. The molecule has 0 spiro atoms. The zero-order chi connectivity index (χ0) is 14.3. The Balaban J connectivity index is 2.13. The first kappa shape index (κ1) is 13.3. The highest BCUT2D eigenvalue weighted by Crippen LogP contribution is 2.39. The maximum atomic E-state index is 13.8. The summed E-state index contributed by atoms with van der Waals surface area (Å²) in [7, 11) is 0. The minimum absolute atomic E-state index is 0.0598. The fourth-order valence-electron chi connectivity index (χ4n) is 2.81. The van der Waals surface area contributed by atoms with Crippen LogP contribution in [0.3, 0.4) is 0 Å². The van der Waals surface area contributed by atoms with E-state index in [9.17, 15) is 4.39 Å². The molecule has 4 heteroatoms. The van der Waals surface area contributed by atoms with Gasteiger partial charge in [-0.25, -0.2) is 4.39 Å². The summed E-state index contributed by atoms with van der Waals surface area (Å²) in [6.45, 7) is 3.01. The average Bonchev–Trinajstić information content (AvgIpc) is 2.42. The van der Waals surface area contributed by atoms with Crippen LogP contribution in [0.25, 0.3) is 0 Å². The molecule has 2 nitrogen and oxygen atoms in total. The molecule has 2 aromatic rings. The molecule has 1 aliphatic heterocycles. The molecule has 3 rings (SSSR count). The molecular formula is C16H16ClFN2. The van der Waals surface area contributed by atoms with Crippen molar-refractivity contribution >= 4 is 28.7 Å². The quantitative estimate of drug-likeness (QED) is 0.789. The lowest BCUT2D eigenvalue weighted by atomic mass is 9.93. The van der Waals surface area contributed by atoms with E-state index >= 15 is 0 Å². The zero-order valence-corrected chi connectivity index (χ0v) is 12.0. The molecule has 0 radical (unpaired) electrons. The number of para-hydroxylation sites is 1. The average molecular weight is 291 g/mol. The third kappa shape index (κ3) is 2.22. The van der Waals surface area contributed by atoms with Gasteiger partial charge in [0.15, 0.2) is 0 Å². The van der Waals surface area contributed by atoms with E-state index in [-0.39, 0.29) is 5.02 Å². The molecule has 0 saturated heterocycles. The Morgan fingerprint density at radius 1 is 1.25 bits per heavy atom. The zero-order valence-electron chi connectivity index (χ0n) is 11.2. The second-order valence-electron chi connectivity index (χ2n) is 5.37. The van der Waals surface area contributed by atoms with E-state index in [4.69, 9.17) is 17.3 Å². The molecule has 0 fully saturated rings. The van der Waals surface area contributed by atoms with E-state index in [0.717, 1.165) is 18.7 Å². The van der Waals surface area contributed by atoms with Crippen molar-refractivity contribution in [2.75, 3.05) is 17.2 Å². The Bertz CT molecular complexity index is 657. The van der Waals surface area contributed by atoms with Crippen molar-refractivity contribution in [3.05, 3.63) is 52.8 Å². The number of hydrogen-bond acceptors (Lipinski definition) is 2. The highest BCUT2D eigenvalue weighted by atomic mass is 35.5. The van der Waals surface area contributed by atoms with Crippen LogP contribution in [-0.4, -0.2) is 6.54 Å². The molecule has 2 N–H and O–H groups in total. The van der Waals surface area contributed by atoms with Crippen molar-refractivity contribution in [2.45, 2.75) is 13.3 Å². The van der Waals surface area contributed by atoms with Crippen molar-refractivity contribution in [1.29, 1.82) is 0 Å². The largest absolute Gasteiger partial charge is 0.397 e. The fourth-order valence-corrected chi connectivity index (χ4v) is 2.98. The summed E-state index contributed by atoms with van der Waals surface area (Å²) in [6, 6.07) is 11.1. The number of halogens is 2. The van der Waals surface area contributed by atoms with Crippen LogP contribution in [0.1, 0.15) is 12.5 Å². The SMILES string of the molecule is CC1Cc2ccccc2N(c2cc(F)c(Cl)cc2N)C1. The summed E-state index contributed by atoms with van der Waals surface area (Å²) < 4.78 is 13.8. The van der Waals surface area contributed by atoms with Crippen LogP contribution < -0.4 is 10.6 Å². The minimum atomic E-state index is -0.438. The summed E-state index contributed by atoms with van der Waals surface area (Å²) in [5.74, 6) is 0.0506. The van der Waals surface area contributed by atoms with Gasteiger partial charge in [0.05, 0.1) is 16.4 Å². The van der Waals surface area contributed by atoms with E-state index < -0.39 is 5.82 Å². The van der Waals surface area contributed by atoms with Crippen LogP contribution in [0.4, 0.5) is 21.5 Å². The highest BCUT2D eigenvalue weighted by molar-refractivity contribution is 6.31. The van der Waals surface area contributed by atoms with Crippen molar-refractivity contribution in [1.82, 2.24) is 0 Å². The van der Waals surface area contributed by atoms with Gasteiger partial charge in [-0.15, -0.1) is 0 Å². The van der Waals surface area contributed by atoms with Crippen molar-refractivity contribution in [2.24, 2.45) is 5.92 Å². The lowest BCUT2D eigenvalue weighted by Crippen LogP contribution is -2.31. The molecule has 0 bridgehead atoms. The van der Waals surface area contributed by atoms with Gasteiger partial charge >= 0.3 is 0 Å². The number of benzene rings is 2. The molecule has 0 aromatic heterocycles. The minimum Gasteiger partial charge on any atom is -0.397 e. The molecule has 0 amide bonds. The number of fused-ring (bicyclic) bond motifs is 1. The highest BCUT2D eigenvalue weighted by Gasteiger charge is 2.24. The van der Waals surface area contributed by atoms with Crippen LogP contribution in [0.15, 0.2) is 36.4 Å². The van der Waals surface area contributed by atoms with Crippen LogP contribution in [0, 0.1) is 11.7 Å². The van der Waals surface area contributed by atoms with Crippen molar-refractivity contribution in [3.8, 4) is 0 Å². The summed E-state index contributed by atoms with van der Waals surface area (Å²) in [4.78, 5) is 2.08. The Morgan fingerprint density at radius 3 is 2.80 bits per heavy atom. The first-order valence-electron chi connectivity index (χ1n) is 6.66. The predicted molar refractivity (Wildman–Crippen MR) is 82.1 cm³/mol. The van der Waals surface area contributed by atoms with E-state index in [1.54, 1.807) is 0 Å². The molecule has 0 saturated carbocycles. The third-order valence-corrected chi connectivity index (χ3v) is 4.00. The number of rotatable bonds is 1. The molecular weight excluding hydrogens is 275 g/mol. The molecule has 104 valence electrons. The topological polar surface area (TPSA) is 29.3 Å². The van der Waals surface area contributed by atoms with Gasteiger partial charge in [0, 0.05) is 18.3 Å². The Morgan fingerprint density at radius 2 is 2.00 bits per heavy atom. The smallest absolute Gasteiger partial charge is 0.144 e. The first-order valence-corrected chi connectivity index (χ1v) is 7.04. The molecule has 1 unspecified atom stereocenters. The van der Waals surface area contributed by atoms with Crippen LogP contribution in [0.2, 0.25) is 5.02 Å². The van der Waals surface area contributed by atoms with E-state index in [2.05, 4.69) is 17.9 Å². The van der Waals surface area contributed by atoms with Gasteiger partial charge < -0.3 is 10.6 Å². The van der Waals surface area contributed by atoms with Gasteiger partial charge in [0.1, 0.15) is 5.82 Å². The molecule has 1 atom stereocenters.